The fraction of sp³-hybridized carbons (Fsp3) is 0.148. The SMILES string of the molecule is COc1cc(/C=C/C(=O)Nc2ccc(C=Cc3cc(OC)c(OC)c(OC)c3)cc2O)ccc1[N+](=O)[O-]. The average Bonchev–Trinajstić information content (AvgIpc) is 2.90. The molecule has 0 saturated heterocycles. The molecule has 37 heavy (non-hydrogen) atoms. The molecule has 1 amide bonds. The quantitative estimate of drug-likeness (QED) is 0.127. The Bertz CT molecular complexity index is 1340. The number of nitro groups is 1. The normalized spacial score (nSPS) is 10.9. The Morgan fingerprint density at radius 3 is 1.95 bits per heavy atom. The molecule has 0 atom stereocenters. The predicted octanol–water partition coefficient (Wildman–Crippen LogP) is 5.16. The van der Waals surface area contributed by atoms with Crippen molar-refractivity contribution in [2.45, 2.75) is 0 Å². The average molecular weight is 507 g/mol. The Labute approximate surface area is 213 Å². The molecule has 10 heteroatoms. The first-order chi connectivity index (χ1) is 17.8. The number of nitrogens with one attached hydrogen (secondary N) is 1. The summed E-state index contributed by atoms with van der Waals surface area (Å²) in [6, 6.07) is 12.6. The third-order valence-corrected chi connectivity index (χ3v) is 5.26. The van der Waals surface area contributed by atoms with Crippen LogP contribution >= 0.6 is 0 Å². The highest BCUT2D eigenvalue weighted by Gasteiger charge is 2.14. The van der Waals surface area contributed by atoms with E-state index in [1.54, 1.807) is 30.3 Å². The van der Waals surface area contributed by atoms with Crippen LogP contribution in [-0.2, 0) is 4.79 Å². The summed E-state index contributed by atoms with van der Waals surface area (Å²) in [5.41, 5.74) is 2.07. The van der Waals surface area contributed by atoms with Gasteiger partial charge in [0, 0.05) is 12.1 Å². The Hall–Kier alpha value is -4.99. The van der Waals surface area contributed by atoms with Gasteiger partial charge in [0.2, 0.25) is 11.7 Å². The van der Waals surface area contributed by atoms with Gasteiger partial charge in [-0.05, 0) is 59.2 Å². The van der Waals surface area contributed by atoms with E-state index in [9.17, 15) is 20.0 Å². The number of nitrogens with zero attached hydrogens (tertiary/aromatic N) is 1. The highest BCUT2D eigenvalue weighted by atomic mass is 16.6. The number of carbonyl (C=O) groups is 1. The van der Waals surface area contributed by atoms with E-state index < -0.39 is 10.8 Å². The van der Waals surface area contributed by atoms with Gasteiger partial charge in [-0.25, -0.2) is 0 Å². The van der Waals surface area contributed by atoms with E-state index in [2.05, 4.69) is 5.32 Å². The van der Waals surface area contributed by atoms with Crippen LogP contribution in [0.2, 0.25) is 0 Å². The first kappa shape index (κ1) is 26.6. The Kier molecular flexibility index (Phi) is 8.71. The van der Waals surface area contributed by atoms with Crippen LogP contribution in [0.5, 0.6) is 28.7 Å². The van der Waals surface area contributed by atoms with Crippen molar-refractivity contribution >= 4 is 35.5 Å². The monoisotopic (exact) mass is 506 g/mol. The third kappa shape index (κ3) is 6.57. The van der Waals surface area contributed by atoms with Crippen molar-refractivity contribution in [3.63, 3.8) is 0 Å². The van der Waals surface area contributed by atoms with Crippen molar-refractivity contribution in [1.29, 1.82) is 0 Å². The van der Waals surface area contributed by atoms with Crippen molar-refractivity contribution in [3.8, 4) is 28.7 Å². The van der Waals surface area contributed by atoms with E-state index in [0.29, 0.717) is 28.4 Å². The molecule has 2 N–H and O–H groups in total. The van der Waals surface area contributed by atoms with E-state index in [1.807, 2.05) is 6.08 Å². The predicted molar refractivity (Wildman–Crippen MR) is 140 cm³/mol. The topological polar surface area (TPSA) is 129 Å². The molecular formula is C27H26N2O8. The molecule has 0 heterocycles. The molecule has 10 nitrogen and oxygen atoms in total. The van der Waals surface area contributed by atoms with Crippen LogP contribution in [0.15, 0.2) is 54.6 Å². The molecule has 3 rings (SSSR count). The molecule has 0 aromatic heterocycles. The number of hydrogen-bond acceptors (Lipinski definition) is 8. The van der Waals surface area contributed by atoms with Crippen molar-refractivity contribution < 1.29 is 33.8 Å². The number of carbonyl (C=O) groups excluding carboxylic acids is 1. The summed E-state index contributed by atoms with van der Waals surface area (Å²) < 4.78 is 21.1. The van der Waals surface area contributed by atoms with Gasteiger partial charge in [0.1, 0.15) is 5.75 Å². The summed E-state index contributed by atoms with van der Waals surface area (Å²) >= 11 is 0. The Morgan fingerprint density at radius 1 is 0.811 bits per heavy atom. The smallest absolute Gasteiger partial charge is 0.310 e. The molecule has 0 fully saturated rings. The van der Waals surface area contributed by atoms with Crippen LogP contribution in [-0.4, -0.2) is 44.4 Å². The maximum absolute atomic E-state index is 12.3. The van der Waals surface area contributed by atoms with E-state index in [1.165, 1.54) is 64.9 Å². The number of hydrogen-bond donors (Lipinski definition) is 2. The molecule has 0 aliphatic heterocycles. The fourth-order valence-electron chi connectivity index (χ4n) is 3.44. The fourth-order valence-corrected chi connectivity index (χ4v) is 3.44. The zero-order chi connectivity index (χ0) is 26.9. The number of ether oxygens (including phenoxy) is 4. The molecule has 192 valence electrons. The number of benzene rings is 3. The summed E-state index contributed by atoms with van der Waals surface area (Å²) in [6.07, 6.45) is 6.33. The van der Waals surface area contributed by atoms with Gasteiger partial charge >= 0.3 is 5.69 Å². The number of aromatic hydroxyl groups is 1. The molecule has 0 bridgehead atoms. The third-order valence-electron chi connectivity index (χ3n) is 5.26. The van der Waals surface area contributed by atoms with Crippen LogP contribution in [0.4, 0.5) is 11.4 Å². The summed E-state index contributed by atoms with van der Waals surface area (Å²) in [7, 11) is 5.93. The molecule has 0 aliphatic rings. The first-order valence-corrected chi connectivity index (χ1v) is 10.9. The van der Waals surface area contributed by atoms with Crippen molar-refractivity contribution in [3.05, 3.63) is 81.4 Å². The lowest BCUT2D eigenvalue weighted by Crippen LogP contribution is -2.07. The summed E-state index contributed by atoms with van der Waals surface area (Å²) in [5.74, 6) is 0.992. The first-order valence-electron chi connectivity index (χ1n) is 10.9. The van der Waals surface area contributed by atoms with Gasteiger partial charge in [-0.2, -0.15) is 0 Å². The van der Waals surface area contributed by atoms with Crippen LogP contribution < -0.4 is 24.3 Å². The summed E-state index contributed by atoms with van der Waals surface area (Å²) in [4.78, 5) is 22.8. The number of amides is 1. The number of rotatable bonds is 10. The van der Waals surface area contributed by atoms with Gasteiger partial charge < -0.3 is 29.4 Å². The zero-order valence-electron chi connectivity index (χ0n) is 20.7. The van der Waals surface area contributed by atoms with Gasteiger partial charge in [-0.3, -0.25) is 14.9 Å². The van der Waals surface area contributed by atoms with Gasteiger partial charge in [0.05, 0.1) is 39.0 Å². The van der Waals surface area contributed by atoms with E-state index >= 15 is 0 Å². The standard InChI is InChI=1S/C27H26N2O8/c1-34-23-14-18(8-11-21(23)29(32)33)9-12-26(31)28-20-10-7-17(13-22(20)30)5-6-19-15-24(35-2)27(37-4)25(16-19)36-3/h5-16,30H,1-4H3,(H,28,31)/b6-5?,12-9+. The molecule has 0 aliphatic carbocycles. The Morgan fingerprint density at radius 2 is 1.38 bits per heavy atom. The van der Waals surface area contributed by atoms with Crippen LogP contribution in [0.1, 0.15) is 16.7 Å². The van der Waals surface area contributed by atoms with Crippen LogP contribution in [0.3, 0.4) is 0 Å². The van der Waals surface area contributed by atoms with Crippen molar-refractivity contribution in [1.82, 2.24) is 0 Å². The van der Waals surface area contributed by atoms with E-state index in [-0.39, 0.29) is 22.9 Å². The number of phenols is 1. The maximum atomic E-state index is 12.3. The van der Waals surface area contributed by atoms with Crippen molar-refractivity contribution in [2.24, 2.45) is 0 Å². The van der Waals surface area contributed by atoms with Gasteiger partial charge in [-0.1, -0.05) is 18.2 Å². The van der Waals surface area contributed by atoms with Gasteiger partial charge in [0.15, 0.2) is 17.2 Å². The molecular weight excluding hydrogens is 480 g/mol. The van der Waals surface area contributed by atoms with Crippen LogP contribution in [0, 0.1) is 10.1 Å². The summed E-state index contributed by atoms with van der Waals surface area (Å²) in [6.45, 7) is 0. The number of nitro benzene ring substituents is 1. The lowest BCUT2D eigenvalue weighted by atomic mass is 10.1. The Balaban J connectivity index is 1.71. The molecule has 3 aromatic rings. The largest absolute Gasteiger partial charge is 0.506 e. The van der Waals surface area contributed by atoms with E-state index in [4.69, 9.17) is 18.9 Å². The number of phenolic OH excluding ortho intramolecular Hbond substituents is 1. The molecule has 0 unspecified atom stereocenters. The van der Waals surface area contributed by atoms with Crippen molar-refractivity contribution in [2.75, 3.05) is 33.8 Å². The van der Waals surface area contributed by atoms with Crippen LogP contribution in [0.25, 0.3) is 18.2 Å². The zero-order valence-corrected chi connectivity index (χ0v) is 20.7. The van der Waals surface area contributed by atoms with Gasteiger partial charge in [0.25, 0.3) is 0 Å². The highest BCUT2D eigenvalue weighted by molar-refractivity contribution is 6.02. The minimum absolute atomic E-state index is 0.0837. The second kappa shape index (κ2) is 12.1. The number of methoxy groups -OCH3 is 4. The second-order valence-electron chi connectivity index (χ2n) is 7.58. The lowest BCUT2D eigenvalue weighted by Gasteiger charge is -2.12. The minimum atomic E-state index is -0.550. The lowest BCUT2D eigenvalue weighted by molar-refractivity contribution is -0.385. The minimum Gasteiger partial charge on any atom is -0.506 e. The number of anilines is 1. The molecule has 3 aromatic carbocycles. The van der Waals surface area contributed by atoms with Gasteiger partial charge in [-0.15, -0.1) is 0 Å². The van der Waals surface area contributed by atoms with E-state index in [0.717, 1.165) is 5.56 Å². The molecule has 0 saturated carbocycles. The molecule has 0 radical (unpaired) electrons. The summed E-state index contributed by atoms with van der Waals surface area (Å²) in [5, 5.41) is 24.0. The molecule has 0 spiro atoms. The highest BCUT2D eigenvalue weighted by Crippen LogP contribution is 2.38. The maximum Gasteiger partial charge on any atom is 0.310 e. The second-order valence-corrected chi connectivity index (χ2v) is 7.58.